The van der Waals surface area contributed by atoms with Crippen molar-refractivity contribution in [2.75, 3.05) is 31.6 Å². The molecule has 0 bridgehead atoms. The van der Waals surface area contributed by atoms with Crippen molar-refractivity contribution in [3.05, 3.63) is 58.5 Å². The molecule has 4 heterocycles. The lowest BCUT2D eigenvalue weighted by Gasteiger charge is -2.30. The van der Waals surface area contributed by atoms with Gasteiger partial charge in [-0.25, -0.2) is 9.37 Å². The predicted octanol–water partition coefficient (Wildman–Crippen LogP) is 5.45. The van der Waals surface area contributed by atoms with Gasteiger partial charge in [-0.3, -0.25) is 9.69 Å². The van der Waals surface area contributed by atoms with Crippen molar-refractivity contribution in [1.82, 2.24) is 9.88 Å². The first kappa shape index (κ1) is 27.0. The van der Waals surface area contributed by atoms with Gasteiger partial charge in [0.25, 0.3) is 0 Å². The molecule has 0 spiro atoms. The van der Waals surface area contributed by atoms with Gasteiger partial charge >= 0.3 is 5.97 Å². The molecule has 3 aliphatic heterocycles. The Hall–Kier alpha value is -2.55. The number of anilines is 1. The standard InChI is InChI=1S/C30H40FN3O4/c1-20-8-9-21-10-12-23(33-29(21)32-20)6-2-4-16-37-24-14-15-34(19-24)28(30(35)36)26-18-22(31)11-13-25(26)27-7-3-5-17-38-27/h10-13,18,20,24,27-28H,2-9,14-17,19H2,1H3,(H,32,33)(H,35,36)/t20-,24-,27+,28-/m1/s1. The maximum absolute atomic E-state index is 14.3. The van der Waals surface area contributed by atoms with Crippen LogP contribution in [0.4, 0.5) is 10.2 Å². The van der Waals surface area contributed by atoms with Crippen LogP contribution in [0.15, 0.2) is 30.3 Å². The van der Waals surface area contributed by atoms with Gasteiger partial charge in [0, 0.05) is 38.0 Å². The van der Waals surface area contributed by atoms with E-state index in [0.29, 0.717) is 37.9 Å². The maximum Gasteiger partial charge on any atom is 0.325 e. The molecule has 2 N–H and O–H groups in total. The van der Waals surface area contributed by atoms with E-state index in [1.807, 2.05) is 4.90 Å². The number of hydrogen-bond acceptors (Lipinski definition) is 6. The summed E-state index contributed by atoms with van der Waals surface area (Å²) < 4.78 is 26.4. The molecule has 0 unspecified atom stereocenters. The second-order valence-electron chi connectivity index (χ2n) is 11.0. The van der Waals surface area contributed by atoms with Crippen molar-refractivity contribution < 1.29 is 23.8 Å². The Kier molecular flexibility index (Phi) is 8.92. The fourth-order valence-electron chi connectivity index (χ4n) is 6.00. The number of ether oxygens (including phenoxy) is 2. The lowest BCUT2D eigenvalue weighted by Crippen LogP contribution is -2.34. The Balaban J connectivity index is 1.13. The molecule has 206 valence electrons. The number of carboxylic acid groups (broad SMARTS) is 1. The predicted molar refractivity (Wildman–Crippen MR) is 144 cm³/mol. The van der Waals surface area contributed by atoms with Crippen molar-refractivity contribution in [1.29, 1.82) is 0 Å². The van der Waals surface area contributed by atoms with Crippen LogP contribution in [-0.2, 0) is 27.1 Å². The van der Waals surface area contributed by atoms with Crippen molar-refractivity contribution in [3.63, 3.8) is 0 Å². The Bertz CT molecular complexity index is 1110. The number of fused-ring (bicyclic) bond motifs is 1. The first-order valence-corrected chi connectivity index (χ1v) is 14.2. The molecule has 2 fully saturated rings. The smallest absolute Gasteiger partial charge is 0.325 e. The molecule has 3 aliphatic rings. The average molecular weight is 526 g/mol. The van der Waals surface area contributed by atoms with Gasteiger partial charge < -0.3 is 19.9 Å². The number of aromatic nitrogens is 1. The highest BCUT2D eigenvalue weighted by Gasteiger charge is 2.36. The van der Waals surface area contributed by atoms with Crippen LogP contribution in [0.25, 0.3) is 0 Å². The second kappa shape index (κ2) is 12.5. The van der Waals surface area contributed by atoms with Crippen LogP contribution in [0, 0.1) is 5.82 Å². The lowest BCUT2D eigenvalue weighted by atomic mass is 9.92. The second-order valence-corrected chi connectivity index (χ2v) is 11.0. The number of aliphatic carboxylic acids is 1. The summed E-state index contributed by atoms with van der Waals surface area (Å²) in [7, 11) is 0. The summed E-state index contributed by atoms with van der Waals surface area (Å²) in [5.41, 5.74) is 3.71. The third-order valence-corrected chi connectivity index (χ3v) is 8.09. The SMILES string of the molecule is C[C@@H]1CCc2ccc(CCCCO[C@@H]3CCN([C@@H](C(=O)O)c4cc(F)ccc4[C@@H]4CCCCO4)C3)nc2N1. The number of likely N-dealkylation sites (tertiary alicyclic amines) is 1. The summed E-state index contributed by atoms with van der Waals surface area (Å²) in [6.45, 7) is 4.61. The van der Waals surface area contributed by atoms with Gasteiger partial charge in [0.15, 0.2) is 0 Å². The quantitative estimate of drug-likeness (QED) is 0.399. The number of unbranched alkanes of at least 4 members (excludes halogenated alkanes) is 1. The fraction of sp³-hybridized carbons (Fsp3) is 0.600. The maximum atomic E-state index is 14.3. The zero-order chi connectivity index (χ0) is 26.5. The van der Waals surface area contributed by atoms with Gasteiger partial charge in [0.05, 0.1) is 12.2 Å². The first-order chi connectivity index (χ1) is 18.5. The largest absolute Gasteiger partial charge is 0.480 e. The number of rotatable bonds is 10. The molecule has 0 radical (unpaired) electrons. The van der Waals surface area contributed by atoms with E-state index in [1.165, 1.54) is 17.7 Å². The van der Waals surface area contributed by atoms with Gasteiger partial charge in [-0.1, -0.05) is 12.1 Å². The highest BCUT2D eigenvalue weighted by Crippen LogP contribution is 2.36. The van der Waals surface area contributed by atoms with E-state index < -0.39 is 17.8 Å². The first-order valence-electron chi connectivity index (χ1n) is 14.2. The van der Waals surface area contributed by atoms with Gasteiger partial charge in [0.2, 0.25) is 0 Å². The number of aryl methyl sites for hydroxylation is 2. The Morgan fingerprint density at radius 2 is 2.13 bits per heavy atom. The van der Waals surface area contributed by atoms with E-state index in [2.05, 4.69) is 24.4 Å². The molecule has 1 aromatic carbocycles. The molecule has 5 rings (SSSR count). The summed E-state index contributed by atoms with van der Waals surface area (Å²) in [4.78, 5) is 19.2. The normalized spacial score (nSPS) is 24.5. The molecular formula is C30H40FN3O4. The van der Waals surface area contributed by atoms with Crippen molar-refractivity contribution in [3.8, 4) is 0 Å². The van der Waals surface area contributed by atoms with Gasteiger partial charge in [-0.15, -0.1) is 0 Å². The van der Waals surface area contributed by atoms with Crippen molar-refractivity contribution in [2.45, 2.75) is 89.0 Å². The van der Waals surface area contributed by atoms with Gasteiger partial charge in [0.1, 0.15) is 17.7 Å². The zero-order valence-electron chi connectivity index (χ0n) is 22.3. The average Bonchev–Trinajstić information content (AvgIpc) is 3.37. The third kappa shape index (κ3) is 6.53. The molecular weight excluding hydrogens is 485 g/mol. The van der Waals surface area contributed by atoms with E-state index in [-0.39, 0.29) is 12.2 Å². The van der Waals surface area contributed by atoms with E-state index >= 15 is 0 Å². The summed E-state index contributed by atoms with van der Waals surface area (Å²) in [5.74, 6) is -0.348. The number of nitrogens with one attached hydrogen (secondary N) is 1. The Morgan fingerprint density at radius 3 is 2.95 bits per heavy atom. The van der Waals surface area contributed by atoms with E-state index in [9.17, 15) is 14.3 Å². The molecule has 1 aromatic heterocycles. The molecule has 0 aliphatic carbocycles. The van der Waals surface area contributed by atoms with Crippen LogP contribution in [-0.4, -0.2) is 59.4 Å². The molecule has 7 nitrogen and oxygen atoms in total. The van der Waals surface area contributed by atoms with Crippen LogP contribution in [0.1, 0.15) is 86.4 Å². The summed E-state index contributed by atoms with van der Waals surface area (Å²) in [6, 6.07) is 8.38. The van der Waals surface area contributed by atoms with Gasteiger partial charge in [-0.2, -0.15) is 0 Å². The molecule has 0 saturated carbocycles. The minimum Gasteiger partial charge on any atom is -0.480 e. The van der Waals surface area contributed by atoms with Crippen molar-refractivity contribution in [2.24, 2.45) is 0 Å². The molecule has 8 heteroatoms. The minimum absolute atomic E-state index is 0.0210. The number of halogens is 1. The highest BCUT2D eigenvalue weighted by molar-refractivity contribution is 5.76. The van der Waals surface area contributed by atoms with E-state index in [1.54, 1.807) is 6.07 Å². The number of carbonyl (C=O) groups is 1. The molecule has 2 saturated heterocycles. The van der Waals surface area contributed by atoms with E-state index in [4.69, 9.17) is 14.5 Å². The number of nitrogens with zero attached hydrogens (tertiary/aromatic N) is 2. The number of benzene rings is 1. The Morgan fingerprint density at radius 1 is 1.24 bits per heavy atom. The van der Waals surface area contributed by atoms with Crippen molar-refractivity contribution >= 4 is 11.8 Å². The van der Waals surface area contributed by atoms with Gasteiger partial charge in [-0.05, 0) is 99.6 Å². The number of carboxylic acids is 1. The molecule has 0 amide bonds. The zero-order valence-corrected chi connectivity index (χ0v) is 22.3. The molecule has 4 atom stereocenters. The number of pyridine rings is 1. The van der Waals surface area contributed by atoms with Crippen LogP contribution in [0.2, 0.25) is 0 Å². The van der Waals surface area contributed by atoms with Crippen LogP contribution in [0.3, 0.4) is 0 Å². The monoisotopic (exact) mass is 525 g/mol. The Labute approximate surface area is 224 Å². The van der Waals surface area contributed by atoms with Crippen LogP contribution >= 0.6 is 0 Å². The molecule has 38 heavy (non-hydrogen) atoms. The van der Waals surface area contributed by atoms with Crippen LogP contribution in [0.5, 0.6) is 0 Å². The highest BCUT2D eigenvalue weighted by atomic mass is 19.1. The summed E-state index contributed by atoms with van der Waals surface area (Å²) in [6.07, 6.45) is 8.48. The fourth-order valence-corrected chi connectivity index (χ4v) is 6.00. The summed E-state index contributed by atoms with van der Waals surface area (Å²) >= 11 is 0. The lowest BCUT2D eigenvalue weighted by molar-refractivity contribution is -0.143. The topological polar surface area (TPSA) is 83.9 Å². The third-order valence-electron chi connectivity index (χ3n) is 8.09. The van der Waals surface area contributed by atoms with E-state index in [0.717, 1.165) is 74.9 Å². The minimum atomic E-state index is -0.963. The molecule has 2 aromatic rings. The summed E-state index contributed by atoms with van der Waals surface area (Å²) in [5, 5.41) is 13.7. The van der Waals surface area contributed by atoms with Crippen LogP contribution < -0.4 is 5.32 Å². The number of hydrogen-bond donors (Lipinski definition) is 2.